The Kier molecular flexibility index (Phi) is 3.84. The van der Waals surface area contributed by atoms with E-state index in [-0.39, 0.29) is 5.69 Å². The van der Waals surface area contributed by atoms with E-state index in [1.165, 1.54) is 19.2 Å². The molecule has 2 aromatic rings. The first kappa shape index (κ1) is 13.1. The fourth-order valence-corrected chi connectivity index (χ4v) is 1.69. The lowest BCUT2D eigenvalue weighted by atomic mass is 10.2. The molecule has 1 heterocycles. The molecule has 0 atom stereocenters. The van der Waals surface area contributed by atoms with Gasteiger partial charge in [-0.2, -0.15) is 5.10 Å². The van der Waals surface area contributed by atoms with Crippen LogP contribution in [0, 0.1) is 5.82 Å². The SMILES string of the molecule is COc1cc(NCCc2ncn(C)n2)c(F)cc1N. The monoisotopic (exact) mass is 265 g/mol. The van der Waals surface area contributed by atoms with Gasteiger partial charge in [0.25, 0.3) is 0 Å². The lowest BCUT2D eigenvalue weighted by Crippen LogP contribution is -2.08. The summed E-state index contributed by atoms with van der Waals surface area (Å²) in [5.41, 5.74) is 6.23. The van der Waals surface area contributed by atoms with E-state index in [0.29, 0.717) is 30.2 Å². The Morgan fingerprint density at radius 1 is 1.47 bits per heavy atom. The Bertz CT molecular complexity index is 569. The standard InChI is InChI=1S/C12H16FN5O/c1-18-7-16-12(17-18)3-4-15-10-6-11(19-2)9(14)5-8(10)13/h5-7,15H,3-4,14H2,1-2H3. The average Bonchev–Trinajstić information content (AvgIpc) is 2.78. The Balaban J connectivity index is 1.99. The summed E-state index contributed by atoms with van der Waals surface area (Å²) < 4.78 is 20.3. The van der Waals surface area contributed by atoms with Crippen molar-refractivity contribution >= 4 is 11.4 Å². The lowest BCUT2D eigenvalue weighted by molar-refractivity contribution is 0.416. The van der Waals surface area contributed by atoms with Crippen molar-refractivity contribution in [2.75, 3.05) is 24.7 Å². The van der Waals surface area contributed by atoms with Crippen molar-refractivity contribution in [2.45, 2.75) is 6.42 Å². The predicted molar refractivity (Wildman–Crippen MR) is 70.6 cm³/mol. The molecule has 0 fully saturated rings. The first-order valence-electron chi connectivity index (χ1n) is 5.81. The van der Waals surface area contributed by atoms with E-state index in [1.807, 2.05) is 0 Å². The molecule has 1 aromatic heterocycles. The van der Waals surface area contributed by atoms with Crippen molar-refractivity contribution in [2.24, 2.45) is 7.05 Å². The smallest absolute Gasteiger partial charge is 0.152 e. The van der Waals surface area contributed by atoms with Crippen LogP contribution in [0.5, 0.6) is 5.75 Å². The lowest BCUT2D eigenvalue weighted by Gasteiger charge is -2.10. The summed E-state index contributed by atoms with van der Waals surface area (Å²) in [6.45, 7) is 0.522. The number of benzene rings is 1. The van der Waals surface area contributed by atoms with Crippen LogP contribution in [0.1, 0.15) is 5.82 Å². The molecule has 19 heavy (non-hydrogen) atoms. The van der Waals surface area contributed by atoms with E-state index in [4.69, 9.17) is 10.5 Å². The maximum absolute atomic E-state index is 13.7. The van der Waals surface area contributed by atoms with Crippen molar-refractivity contribution in [3.05, 3.63) is 30.1 Å². The molecule has 0 saturated heterocycles. The van der Waals surface area contributed by atoms with E-state index < -0.39 is 5.82 Å². The van der Waals surface area contributed by atoms with Crippen LogP contribution in [-0.4, -0.2) is 28.4 Å². The zero-order valence-corrected chi connectivity index (χ0v) is 10.9. The highest BCUT2D eigenvalue weighted by Crippen LogP contribution is 2.28. The zero-order chi connectivity index (χ0) is 13.8. The van der Waals surface area contributed by atoms with Crippen LogP contribution in [0.3, 0.4) is 0 Å². The van der Waals surface area contributed by atoms with Crippen LogP contribution in [0.2, 0.25) is 0 Å². The zero-order valence-electron chi connectivity index (χ0n) is 10.9. The summed E-state index contributed by atoms with van der Waals surface area (Å²) in [5, 5.41) is 7.11. The number of anilines is 2. The summed E-state index contributed by atoms with van der Waals surface area (Å²) in [4.78, 5) is 4.09. The summed E-state index contributed by atoms with van der Waals surface area (Å²) >= 11 is 0. The number of methoxy groups -OCH3 is 1. The van der Waals surface area contributed by atoms with E-state index in [2.05, 4.69) is 15.4 Å². The highest BCUT2D eigenvalue weighted by molar-refractivity contribution is 5.62. The highest BCUT2D eigenvalue weighted by Gasteiger charge is 2.08. The molecular weight excluding hydrogens is 249 g/mol. The van der Waals surface area contributed by atoms with E-state index in [9.17, 15) is 4.39 Å². The third-order valence-corrected chi connectivity index (χ3v) is 2.63. The number of nitrogens with one attached hydrogen (secondary N) is 1. The molecular formula is C12H16FN5O. The van der Waals surface area contributed by atoms with Gasteiger partial charge in [-0.25, -0.2) is 9.37 Å². The molecule has 2 rings (SSSR count). The number of aryl methyl sites for hydroxylation is 1. The van der Waals surface area contributed by atoms with Crippen molar-refractivity contribution < 1.29 is 9.13 Å². The van der Waals surface area contributed by atoms with Crippen LogP contribution >= 0.6 is 0 Å². The predicted octanol–water partition coefficient (Wildman–Crippen LogP) is 1.20. The third kappa shape index (κ3) is 3.12. The second kappa shape index (κ2) is 5.55. The number of hydrogen-bond donors (Lipinski definition) is 2. The van der Waals surface area contributed by atoms with Gasteiger partial charge in [0, 0.05) is 32.1 Å². The van der Waals surface area contributed by atoms with Crippen LogP contribution in [0.4, 0.5) is 15.8 Å². The molecule has 102 valence electrons. The number of halogens is 1. The average molecular weight is 265 g/mol. The highest BCUT2D eigenvalue weighted by atomic mass is 19.1. The van der Waals surface area contributed by atoms with E-state index >= 15 is 0 Å². The minimum Gasteiger partial charge on any atom is -0.495 e. The maximum atomic E-state index is 13.7. The largest absolute Gasteiger partial charge is 0.495 e. The fraction of sp³-hybridized carbons (Fsp3) is 0.333. The van der Waals surface area contributed by atoms with Gasteiger partial charge in [-0.1, -0.05) is 0 Å². The van der Waals surface area contributed by atoms with Crippen molar-refractivity contribution in [1.29, 1.82) is 0 Å². The number of hydrogen-bond acceptors (Lipinski definition) is 5. The summed E-state index contributed by atoms with van der Waals surface area (Å²) in [6, 6.07) is 2.77. The van der Waals surface area contributed by atoms with Crippen molar-refractivity contribution in [3.63, 3.8) is 0 Å². The number of rotatable bonds is 5. The molecule has 0 saturated carbocycles. The Morgan fingerprint density at radius 3 is 2.89 bits per heavy atom. The molecule has 0 spiro atoms. The molecule has 0 aliphatic carbocycles. The van der Waals surface area contributed by atoms with Crippen molar-refractivity contribution in [1.82, 2.24) is 14.8 Å². The number of aromatic nitrogens is 3. The molecule has 0 radical (unpaired) electrons. The molecule has 0 amide bonds. The Morgan fingerprint density at radius 2 is 2.26 bits per heavy atom. The molecule has 0 aliphatic rings. The quantitative estimate of drug-likeness (QED) is 0.794. The second-order valence-corrected chi connectivity index (χ2v) is 4.09. The first-order valence-corrected chi connectivity index (χ1v) is 5.81. The number of nitrogens with two attached hydrogens (primary N) is 1. The van der Waals surface area contributed by atoms with Crippen LogP contribution in [0.25, 0.3) is 0 Å². The number of ether oxygens (including phenoxy) is 1. The van der Waals surface area contributed by atoms with Crippen molar-refractivity contribution in [3.8, 4) is 5.75 Å². The minimum absolute atomic E-state index is 0.275. The number of nitrogen functional groups attached to an aromatic ring is 1. The molecule has 0 unspecified atom stereocenters. The van der Waals surface area contributed by atoms with Gasteiger partial charge in [0.05, 0.1) is 18.5 Å². The topological polar surface area (TPSA) is 78.0 Å². The molecule has 1 aromatic carbocycles. The molecule has 0 aliphatic heterocycles. The third-order valence-electron chi connectivity index (χ3n) is 2.63. The van der Waals surface area contributed by atoms with Gasteiger partial charge in [0.2, 0.25) is 0 Å². The van der Waals surface area contributed by atoms with Crippen LogP contribution in [0.15, 0.2) is 18.5 Å². The molecule has 3 N–H and O–H groups in total. The Labute approximate surface area is 110 Å². The summed E-state index contributed by atoms with van der Waals surface area (Å²) in [5.74, 6) is 0.741. The van der Waals surface area contributed by atoms with Gasteiger partial charge < -0.3 is 15.8 Å². The Hall–Kier alpha value is -2.31. The van der Waals surface area contributed by atoms with Crippen LogP contribution in [-0.2, 0) is 13.5 Å². The fourth-order valence-electron chi connectivity index (χ4n) is 1.69. The molecule has 7 heteroatoms. The summed E-state index contributed by atoms with van der Waals surface area (Å²) in [7, 11) is 3.29. The van der Waals surface area contributed by atoms with Gasteiger partial charge in [-0.3, -0.25) is 4.68 Å². The van der Waals surface area contributed by atoms with Crippen LogP contribution < -0.4 is 15.8 Å². The normalized spacial score (nSPS) is 10.5. The summed E-state index contributed by atoms with van der Waals surface area (Å²) in [6.07, 6.45) is 2.23. The molecule has 6 nitrogen and oxygen atoms in total. The van der Waals surface area contributed by atoms with E-state index in [0.717, 1.165) is 0 Å². The van der Waals surface area contributed by atoms with Gasteiger partial charge in [0.1, 0.15) is 17.9 Å². The molecule has 0 bridgehead atoms. The van der Waals surface area contributed by atoms with Gasteiger partial charge in [-0.05, 0) is 0 Å². The minimum atomic E-state index is -0.410. The van der Waals surface area contributed by atoms with Gasteiger partial charge >= 0.3 is 0 Å². The van der Waals surface area contributed by atoms with Gasteiger partial charge in [-0.15, -0.1) is 0 Å². The van der Waals surface area contributed by atoms with Gasteiger partial charge in [0.15, 0.2) is 5.82 Å². The van der Waals surface area contributed by atoms with E-state index in [1.54, 1.807) is 18.1 Å². The first-order chi connectivity index (χ1) is 9.10. The second-order valence-electron chi connectivity index (χ2n) is 4.09. The maximum Gasteiger partial charge on any atom is 0.152 e. The number of nitrogens with zero attached hydrogens (tertiary/aromatic N) is 3.